The Kier molecular flexibility index (Phi) is 2.22. The minimum atomic E-state index is -0.583. The molecule has 0 aromatic carbocycles. The van der Waals surface area contributed by atoms with Gasteiger partial charge >= 0.3 is 0 Å². The maximum Gasteiger partial charge on any atom is 0.0773 e. The Labute approximate surface area is 47.3 Å². The van der Waals surface area contributed by atoms with Crippen LogP contribution in [0.2, 0.25) is 0 Å². The van der Waals surface area contributed by atoms with E-state index < -0.39 is 5.34 Å². The van der Waals surface area contributed by atoms with Crippen molar-refractivity contribution in [2.75, 3.05) is 0 Å². The summed E-state index contributed by atoms with van der Waals surface area (Å²) < 4.78 is 0. The van der Waals surface area contributed by atoms with Gasteiger partial charge in [-0.15, -0.1) is 9.24 Å². The van der Waals surface area contributed by atoms with Crippen molar-refractivity contribution < 1.29 is 5.11 Å². The molecule has 0 aliphatic rings. The predicted molar refractivity (Wildman–Crippen MR) is 35.2 cm³/mol. The third kappa shape index (κ3) is 3.02. The van der Waals surface area contributed by atoms with E-state index in [1.807, 2.05) is 13.8 Å². The smallest absolute Gasteiger partial charge is 0.0773 e. The SMILES string of the molecule is CC(C)C(C)(O)P. The predicted octanol–water partition coefficient (Wildman–Crippen LogP) is 1.23. The first-order chi connectivity index (χ1) is 2.94. The summed E-state index contributed by atoms with van der Waals surface area (Å²) in [7, 11) is 2.39. The van der Waals surface area contributed by atoms with E-state index in [0.717, 1.165) is 0 Å². The molecular formula is C5H13OP. The number of aliphatic hydroxyl groups is 1. The van der Waals surface area contributed by atoms with Crippen LogP contribution in [0.15, 0.2) is 0 Å². The zero-order valence-electron chi connectivity index (χ0n) is 5.10. The number of rotatable bonds is 1. The lowest BCUT2D eigenvalue weighted by molar-refractivity contribution is 0.106. The summed E-state index contributed by atoms with van der Waals surface area (Å²) in [4.78, 5) is 0. The van der Waals surface area contributed by atoms with Crippen LogP contribution in [-0.4, -0.2) is 10.4 Å². The molecule has 1 N–H and O–H groups in total. The molecule has 0 saturated carbocycles. The van der Waals surface area contributed by atoms with Crippen LogP contribution in [0, 0.1) is 5.92 Å². The molecule has 0 saturated heterocycles. The lowest BCUT2D eigenvalue weighted by Gasteiger charge is -2.20. The summed E-state index contributed by atoms with van der Waals surface area (Å²) >= 11 is 0. The van der Waals surface area contributed by atoms with Crippen molar-refractivity contribution in [3.8, 4) is 0 Å². The molecule has 7 heavy (non-hydrogen) atoms. The van der Waals surface area contributed by atoms with Gasteiger partial charge in [-0.1, -0.05) is 13.8 Å². The quantitative estimate of drug-likeness (QED) is 0.516. The first-order valence-electron chi connectivity index (χ1n) is 2.46. The van der Waals surface area contributed by atoms with Crippen LogP contribution in [-0.2, 0) is 0 Å². The maximum atomic E-state index is 9.06. The van der Waals surface area contributed by atoms with Crippen molar-refractivity contribution in [1.82, 2.24) is 0 Å². The molecule has 2 heteroatoms. The summed E-state index contributed by atoms with van der Waals surface area (Å²) in [6.45, 7) is 5.74. The van der Waals surface area contributed by atoms with Gasteiger partial charge in [-0.05, 0) is 12.8 Å². The lowest BCUT2D eigenvalue weighted by Crippen LogP contribution is -2.21. The Morgan fingerprint density at radius 3 is 1.71 bits per heavy atom. The first kappa shape index (κ1) is 7.39. The molecule has 0 amide bonds. The van der Waals surface area contributed by atoms with Crippen molar-refractivity contribution in [3.05, 3.63) is 0 Å². The standard InChI is InChI=1S/C5H13OP/c1-4(2)5(3,6)7/h4,6H,7H2,1-3H3. The van der Waals surface area contributed by atoms with E-state index in [1.165, 1.54) is 0 Å². The Hall–Kier alpha value is 0.390. The second kappa shape index (κ2) is 2.11. The summed E-state index contributed by atoms with van der Waals surface area (Å²) in [5.41, 5.74) is 0. The Morgan fingerprint density at radius 1 is 1.57 bits per heavy atom. The van der Waals surface area contributed by atoms with Gasteiger partial charge in [0, 0.05) is 0 Å². The average Bonchev–Trinajstić information content (AvgIpc) is 1.31. The first-order valence-corrected chi connectivity index (χ1v) is 3.03. The summed E-state index contributed by atoms with van der Waals surface area (Å²) in [6, 6.07) is 0. The van der Waals surface area contributed by atoms with E-state index in [-0.39, 0.29) is 0 Å². The zero-order valence-corrected chi connectivity index (χ0v) is 6.26. The summed E-state index contributed by atoms with van der Waals surface area (Å²) in [5, 5.41) is 8.47. The van der Waals surface area contributed by atoms with Crippen molar-refractivity contribution in [3.63, 3.8) is 0 Å². The monoisotopic (exact) mass is 120 g/mol. The van der Waals surface area contributed by atoms with Crippen LogP contribution in [0.1, 0.15) is 20.8 Å². The largest absolute Gasteiger partial charge is 0.386 e. The highest BCUT2D eigenvalue weighted by Crippen LogP contribution is 2.22. The molecule has 1 nitrogen and oxygen atoms in total. The highest BCUT2D eigenvalue weighted by atomic mass is 31.0. The van der Waals surface area contributed by atoms with Gasteiger partial charge in [0.05, 0.1) is 5.34 Å². The minimum absolute atomic E-state index is 0.317. The van der Waals surface area contributed by atoms with E-state index in [9.17, 15) is 0 Å². The van der Waals surface area contributed by atoms with Crippen molar-refractivity contribution in [1.29, 1.82) is 0 Å². The molecule has 0 aromatic rings. The molecule has 0 bridgehead atoms. The van der Waals surface area contributed by atoms with E-state index in [1.54, 1.807) is 6.92 Å². The topological polar surface area (TPSA) is 20.2 Å². The molecule has 0 radical (unpaired) electrons. The van der Waals surface area contributed by atoms with Crippen LogP contribution in [0.3, 0.4) is 0 Å². The van der Waals surface area contributed by atoms with Gasteiger partial charge in [0.2, 0.25) is 0 Å². The van der Waals surface area contributed by atoms with Crippen LogP contribution in [0.4, 0.5) is 0 Å². The highest BCUT2D eigenvalue weighted by molar-refractivity contribution is 7.18. The molecule has 0 fully saturated rings. The lowest BCUT2D eigenvalue weighted by atomic mass is 10.1. The zero-order chi connectivity index (χ0) is 6.08. The Bertz CT molecular complexity index is 53.6. The molecule has 44 valence electrons. The molecular weight excluding hydrogens is 107 g/mol. The third-order valence-corrected chi connectivity index (χ3v) is 1.84. The Morgan fingerprint density at radius 2 is 1.71 bits per heavy atom. The average molecular weight is 120 g/mol. The maximum absolute atomic E-state index is 9.06. The fourth-order valence-electron chi connectivity index (χ4n) is 0. The molecule has 0 spiro atoms. The minimum Gasteiger partial charge on any atom is -0.386 e. The molecule has 2 unspecified atom stereocenters. The highest BCUT2D eigenvalue weighted by Gasteiger charge is 2.16. The van der Waals surface area contributed by atoms with Gasteiger partial charge in [-0.25, -0.2) is 0 Å². The van der Waals surface area contributed by atoms with Gasteiger partial charge in [0.1, 0.15) is 0 Å². The van der Waals surface area contributed by atoms with Gasteiger partial charge in [0.15, 0.2) is 0 Å². The van der Waals surface area contributed by atoms with Crippen molar-refractivity contribution >= 4 is 9.24 Å². The molecule has 0 aliphatic carbocycles. The van der Waals surface area contributed by atoms with Crippen LogP contribution in [0.5, 0.6) is 0 Å². The third-order valence-electron chi connectivity index (χ3n) is 1.17. The van der Waals surface area contributed by atoms with E-state index >= 15 is 0 Å². The van der Waals surface area contributed by atoms with Gasteiger partial charge in [-0.3, -0.25) is 0 Å². The normalized spacial score (nSPS) is 19.7. The molecule has 0 rings (SSSR count). The van der Waals surface area contributed by atoms with Crippen molar-refractivity contribution in [2.45, 2.75) is 26.1 Å². The van der Waals surface area contributed by atoms with Crippen LogP contribution in [0.25, 0.3) is 0 Å². The second-order valence-electron chi connectivity index (χ2n) is 2.38. The van der Waals surface area contributed by atoms with Crippen molar-refractivity contribution in [2.24, 2.45) is 5.92 Å². The molecule has 2 atom stereocenters. The fourth-order valence-corrected chi connectivity index (χ4v) is 0. The number of hydrogen-bond donors (Lipinski definition) is 1. The van der Waals surface area contributed by atoms with Gasteiger partial charge in [0.25, 0.3) is 0 Å². The van der Waals surface area contributed by atoms with E-state index in [4.69, 9.17) is 5.11 Å². The molecule has 0 aromatic heterocycles. The van der Waals surface area contributed by atoms with Gasteiger partial charge in [-0.2, -0.15) is 0 Å². The van der Waals surface area contributed by atoms with Gasteiger partial charge < -0.3 is 5.11 Å². The summed E-state index contributed by atoms with van der Waals surface area (Å²) in [6.07, 6.45) is 0. The van der Waals surface area contributed by atoms with E-state index in [2.05, 4.69) is 9.24 Å². The van der Waals surface area contributed by atoms with Crippen LogP contribution >= 0.6 is 9.24 Å². The molecule has 0 aliphatic heterocycles. The van der Waals surface area contributed by atoms with Crippen LogP contribution < -0.4 is 0 Å². The number of hydrogen-bond acceptors (Lipinski definition) is 1. The second-order valence-corrected chi connectivity index (χ2v) is 3.55. The summed E-state index contributed by atoms with van der Waals surface area (Å²) in [5.74, 6) is 0.317. The van der Waals surface area contributed by atoms with E-state index in [0.29, 0.717) is 5.92 Å². The fraction of sp³-hybridized carbons (Fsp3) is 1.00. The molecule has 0 heterocycles. The Balaban J connectivity index is 3.54.